The first kappa shape index (κ1) is 10.2. The summed E-state index contributed by atoms with van der Waals surface area (Å²) in [6.45, 7) is 0.505. The summed E-state index contributed by atoms with van der Waals surface area (Å²) in [6, 6.07) is 15.9. The molecule has 0 radical (unpaired) electrons. The first-order valence-corrected chi connectivity index (χ1v) is 5.23. The Bertz CT molecular complexity index is 451. The van der Waals surface area contributed by atoms with Crippen molar-refractivity contribution in [2.75, 3.05) is 0 Å². The predicted molar refractivity (Wildman–Crippen MR) is 64.8 cm³/mol. The van der Waals surface area contributed by atoms with Crippen LogP contribution in [-0.2, 0) is 6.54 Å². The van der Waals surface area contributed by atoms with E-state index in [2.05, 4.69) is 0 Å². The average Bonchev–Trinajstić information content (AvgIpc) is 2.29. The van der Waals surface area contributed by atoms with Gasteiger partial charge in [-0.15, -0.1) is 0 Å². The van der Waals surface area contributed by atoms with E-state index in [0.29, 0.717) is 6.54 Å². The lowest BCUT2D eigenvalue weighted by molar-refractivity contribution is 1.07. The molecule has 2 heteroatoms. The lowest BCUT2D eigenvalue weighted by Gasteiger charge is -2.09. The Morgan fingerprint density at radius 2 is 1.67 bits per heavy atom. The smallest absolute Gasteiger partial charge is 0.0487 e. The van der Waals surface area contributed by atoms with Crippen LogP contribution in [0.1, 0.15) is 5.56 Å². The zero-order valence-electron chi connectivity index (χ0n) is 8.28. The van der Waals surface area contributed by atoms with E-state index in [1.165, 1.54) is 0 Å². The van der Waals surface area contributed by atoms with E-state index in [9.17, 15) is 0 Å². The number of rotatable bonds is 2. The topological polar surface area (TPSA) is 26.0 Å². The van der Waals surface area contributed by atoms with E-state index in [1.54, 1.807) is 0 Å². The second kappa shape index (κ2) is 4.47. The molecular formula is C13H12ClN. The summed E-state index contributed by atoms with van der Waals surface area (Å²) in [6.07, 6.45) is 0. The van der Waals surface area contributed by atoms with Crippen LogP contribution in [0, 0.1) is 0 Å². The van der Waals surface area contributed by atoms with Gasteiger partial charge in [0.2, 0.25) is 0 Å². The summed E-state index contributed by atoms with van der Waals surface area (Å²) in [7, 11) is 0. The predicted octanol–water partition coefficient (Wildman–Crippen LogP) is 3.47. The normalized spacial score (nSPS) is 10.3. The quantitative estimate of drug-likeness (QED) is 0.819. The number of hydrogen-bond acceptors (Lipinski definition) is 1. The summed E-state index contributed by atoms with van der Waals surface area (Å²) in [5.74, 6) is 0. The third-order valence-corrected chi connectivity index (χ3v) is 2.70. The van der Waals surface area contributed by atoms with Crippen molar-refractivity contribution in [2.24, 2.45) is 5.73 Å². The summed E-state index contributed by atoms with van der Waals surface area (Å²) in [5.41, 5.74) is 8.93. The maximum atomic E-state index is 6.19. The summed E-state index contributed by atoms with van der Waals surface area (Å²) in [4.78, 5) is 0. The van der Waals surface area contributed by atoms with Crippen molar-refractivity contribution >= 4 is 11.6 Å². The molecule has 0 aliphatic rings. The van der Waals surface area contributed by atoms with Crippen LogP contribution in [0.3, 0.4) is 0 Å². The molecule has 76 valence electrons. The van der Waals surface area contributed by atoms with E-state index >= 15 is 0 Å². The first-order chi connectivity index (χ1) is 7.33. The Morgan fingerprint density at radius 1 is 0.933 bits per heavy atom. The fourth-order valence-electron chi connectivity index (χ4n) is 1.67. The van der Waals surface area contributed by atoms with Crippen molar-refractivity contribution in [3.63, 3.8) is 0 Å². The molecule has 0 saturated heterocycles. The van der Waals surface area contributed by atoms with Crippen molar-refractivity contribution in [1.82, 2.24) is 0 Å². The average molecular weight is 218 g/mol. The van der Waals surface area contributed by atoms with Gasteiger partial charge in [-0.2, -0.15) is 0 Å². The van der Waals surface area contributed by atoms with Gasteiger partial charge in [0, 0.05) is 17.1 Å². The third kappa shape index (κ3) is 2.04. The van der Waals surface area contributed by atoms with Crippen molar-refractivity contribution in [1.29, 1.82) is 0 Å². The molecule has 0 aromatic heterocycles. The largest absolute Gasteiger partial charge is 0.326 e. The molecule has 15 heavy (non-hydrogen) atoms. The van der Waals surface area contributed by atoms with E-state index < -0.39 is 0 Å². The van der Waals surface area contributed by atoms with Crippen LogP contribution in [0.25, 0.3) is 11.1 Å². The van der Waals surface area contributed by atoms with Gasteiger partial charge < -0.3 is 5.73 Å². The van der Waals surface area contributed by atoms with Gasteiger partial charge in [-0.1, -0.05) is 54.1 Å². The van der Waals surface area contributed by atoms with Crippen LogP contribution in [0.5, 0.6) is 0 Å². The minimum absolute atomic E-state index is 0.505. The lowest BCUT2D eigenvalue weighted by atomic mass is 10.00. The molecule has 0 amide bonds. The van der Waals surface area contributed by atoms with Gasteiger partial charge in [-0.3, -0.25) is 0 Å². The van der Waals surface area contributed by atoms with Crippen LogP contribution in [0.15, 0.2) is 48.5 Å². The molecule has 0 fully saturated rings. The second-order valence-electron chi connectivity index (χ2n) is 3.34. The minimum atomic E-state index is 0.505. The first-order valence-electron chi connectivity index (χ1n) is 4.86. The number of hydrogen-bond donors (Lipinski definition) is 1. The molecule has 0 unspecified atom stereocenters. The fourth-order valence-corrected chi connectivity index (χ4v) is 1.97. The summed E-state index contributed by atoms with van der Waals surface area (Å²) >= 11 is 6.19. The van der Waals surface area contributed by atoms with Crippen LogP contribution in [0.4, 0.5) is 0 Å². The molecule has 2 aromatic carbocycles. The van der Waals surface area contributed by atoms with E-state index in [4.69, 9.17) is 17.3 Å². The molecule has 1 nitrogen and oxygen atoms in total. The van der Waals surface area contributed by atoms with Gasteiger partial charge in [0.1, 0.15) is 0 Å². The van der Waals surface area contributed by atoms with Gasteiger partial charge in [0.15, 0.2) is 0 Å². The molecule has 2 N–H and O–H groups in total. The van der Waals surface area contributed by atoms with Gasteiger partial charge >= 0.3 is 0 Å². The van der Waals surface area contributed by atoms with Crippen LogP contribution < -0.4 is 5.73 Å². The van der Waals surface area contributed by atoms with Crippen molar-refractivity contribution in [3.05, 3.63) is 59.1 Å². The summed E-state index contributed by atoms with van der Waals surface area (Å²) < 4.78 is 0. The highest BCUT2D eigenvalue weighted by atomic mass is 35.5. The molecule has 0 aliphatic heterocycles. The Hall–Kier alpha value is -1.31. The maximum absolute atomic E-state index is 6.19. The SMILES string of the molecule is NCc1cccc(Cl)c1-c1ccccc1. The van der Waals surface area contributed by atoms with Gasteiger partial charge in [-0.05, 0) is 17.2 Å². The molecule has 2 aromatic rings. The van der Waals surface area contributed by atoms with Crippen LogP contribution in [0.2, 0.25) is 5.02 Å². The van der Waals surface area contributed by atoms with Gasteiger partial charge in [-0.25, -0.2) is 0 Å². The molecule has 0 saturated carbocycles. The number of halogens is 1. The van der Waals surface area contributed by atoms with Gasteiger partial charge in [0.05, 0.1) is 0 Å². The standard InChI is InChI=1S/C13H12ClN/c14-12-8-4-7-11(9-15)13(12)10-5-2-1-3-6-10/h1-8H,9,15H2. The molecule has 0 spiro atoms. The second-order valence-corrected chi connectivity index (χ2v) is 3.75. The fraction of sp³-hybridized carbons (Fsp3) is 0.0769. The van der Waals surface area contributed by atoms with E-state index in [0.717, 1.165) is 21.7 Å². The Balaban J connectivity index is 2.61. The Morgan fingerprint density at radius 3 is 2.33 bits per heavy atom. The van der Waals surface area contributed by atoms with Gasteiger partial charge in [0.25, 0.3) is 0 Å². The summed E-state index contributed by atoms with van der Waals surface area (Å²) in [5, 5.41) is 0.754. The highest BCUT2D eigenvalue weighted by Crippen LogP contribution is 2.30. The highest BCUT2D eigenvalue weighted by Gasteiger charge is 2.07. The molecule has 0 aliphatic carbocycles. The molecular weight excluding hydrogens is 206 g/mol. The van der Waals surface area contributed by atoms with Crippen molar-refractivity contribution < 1.29 is 0 Å². The van der Waals surface area contributed by atoms with Crippen LogP contribution >= 0.6 is 11.6 Å². The van der Waals surface area contributed by atoms with E-state index in [-0.39, 0.29) is 0 Å². The van der Waals surface area contributed by atoms with E-state index in [1.807, 2.05) is 48.5 Å². The molecule has 0 heterocycles. The van der Waals surface area contributed by atoms with Crippen molar-refractivity contribution in [3.8, 4) is 11.1 Å². The highest BCUT2D eigenvalue weighted by molar-refractivity contribution is 6.33. The molecule has 2 rings (SSSR count). The van der Waals surface area contributed by atoms with Crippen molar-refractivity contribution in [2.45, 2.75) is 6.54 Å². The Kier molecular flexibility index (Phi) is 3.05. The monoisotopic (exact) mass is 217 g/mol. The zero-order chi connectivity index (χ0) is 10.7. The zero-order valence-corrected chi connectivity index (χ0v) is 9.04. The molecule has 0 atom stereocenters. The lowest BCUT2D eigenvalue weighted by Crippen LogP contribution is -1.99. The minimum Gasteiger partial charge on any atom is -0.326 e. The molecule has 0 bridgehead atoms. The van der Waals surface area contributed by atoms with Crippen LogP contribution in [-0.4, -0.2) is 0 Å². The maximum Gasteiger partial charge on any atom is 0.0487 e. The Labute approximate surface area is 94.5 Å². The third-order valence-electron chi connectivity index (χ3n) is 2.38. The number of nitrogens with two attached hydrogens (primary N) is 1. The number of benzene rings is 2.